The molecule has 0 radical (unpaired) electrons. The summed E-state index contributed by atoms with van der Waals surface area (Å²) in [6.07, 6.45) is 1.26. The van der Waals surface area contributed by atoms with E-state index in [1.165, 1.54) is 12.2 Å². The van der Waals surface area contributed by atoms with E-state index in [-0.39, 0.29) is 0 Å². The van der Waals surface area contributed by atoms with Gasteiger partial charge < -0.3 is 9.88 Å². The van der Waals surface area contributed by atoms with E-state index >= 15 is 0 Å². The van der Waals surface area contributed by atoms with E-state index < -0.39 is 0 Å². The molecule has 14 heavy (non-hydrogen) atoms. The monoisotopic (exact) mass is 192 g/mol. The summed E-state index contributed by atoms with van der Waals surface area (Å²) >= 11 is 0. The van der Waals surface area contributed by atoms with E-state index in [1.807, 2.05) is 0 Å². The van der Waals surface area contributed by atoms with Gasteiger partial charge in [-0.05, 0) is 11.8 Å². The van der Waals surface area contributed by atoms with Crippen molar-refractivity contribution in [3.05, 3.63) is 11.6 Å². The number of rotatable bonds is 1. The molecule has 0 spiro atoms. The summed E-state index contributed by atoms with van der Waals surface area (Å²) in [5.74, 6) is 2.96. The fourth-order valence-corrected chi connectivity index (χ4v) is 2.28. The highest BCUT2D eigenvalue weighted by Crippen LogP contribution is 2.58. The standard InChI is InChI=1S/C10H16N4/c1-10(2)5-7(10)9-13-12-8-6-11-3-4-14(8)9/h7,11H,3-6H2,1-2H3. The summed E-state index contributed by atoms with van der Waals surface area (Å²) in [5.41, 5.74) is 0.453. The minimum absolute atomic E-state index is 0.453. The molecular weight excluding hydrogens is 176 g/mol. The largest absolute Gasteiger partial charge is 0.312 e. The molecule has 0 amide bonds. The summed E-state index contributed by atoms with van der Waals surface area (Å²) in [5, 5.41) is 11.9. The molecule has 1 saturated carbocycles. The highest BCUT2D eigenvalue weighted by atomic mass is 15.3. The Morgan fingerprint density at radius 3 is 2.93 bits per heavy atom. The van der Waals surface area contributed by atoms with E-state index in [2.05, 4.69) is 33.9 Å². The van der Waals surface area contributed by atoms with Crippen LogP contribution < -0.4 is 5.32 Å². The molecule has 1 atom stereocenters. The van der Waals surface area contributed by atoms with Crippen molar-refractivity contribution in [1.29, 1.82) is 0 Å². The number of aromatic nitrogens is 3. The Balaban J connectivity index is 1.96. The van der Waals surface area contributed by atoms with Crippen LogP contribution in [-0.2, 0) is 13.1 Å². The first-order valence-electron chi connectivity index (χ1n) is 5.31. The van der Waals surface area contributed by atoms with E-state index in [1.54, 1.807) is 0 Å². The van der Waals surface area contributed by atoms with E-state index in [4.69, 9.17) is 0 Å². The van der Waals surface area contributed by atoms with Crippen molar-refractivity contribution < 1.29 is 0 Å². The predicted octanol–water partition coefficient (Wildman–Crippen LogP) is 0.895. The van der Waals surface area contributed by atoms with Gasteiger partial charge in [0.1, 0.15) is 11.6 Å². The zero-order valence-corrected chi connectivity index (χ0v) is 8.75. The Bertz CT molecular complexity index is 366. The molecule has 4 heteroatoms. The topological polar surface area (TPSA) is 42.7 Å². The summed E-state index contributed by atoms with van der Waals surface area (Å²) in [7, 11) is 0. The van der Waals surface area contributed by atoms with Gasteiger partial charge in [0.05, 0.1) is 6.54 Å². The van der Waals surface area contributed by atoms with E-state index in [0.29, 0.717) is 11.3 Å². The van der Waals surface area contributed by atoms with Crippen molar-refractivity contribution in [2.75, 3.05) is 6.54 Å². The van der Waals surface area contributed by atoms with E-state index in [0.717, 1.165) is 25.5 Å². The lowest BCUT2D eigenvalue weighted by atomic mass is 10.1. The first-order chi connectivity index (χ1) is 6.68. The van der Waals surface area contributed by atoms with Gasteiger partial charge in [-0.1, -0.05) is 13.8 Å². The van der Waals surface area contributed by atoms with Crippen molar-refractivity contribution in [3.8, 4) is 0 Å². The summed E-state index contributed by atoms with van der Waals surface area (Å²) in [4.78, 5) is 0. The fourth-order valence-electron chi connectivity index (χ4n) is 2.28. The molecule has 1 N–H and O–H groups in total. The quantitative estimate of drug-likeness (QED) is 0.718. The molecule has 76 valence electrons. The van der Waals surface area contributed by atoms with Gasteiger partial charge in [0.2, 0.25) is 0 Å². The smallest absolute Gasteiger partial charge is 0.147 e. The number of hydrogen-bond acceptors (Lipinski definition) is 3. The Hall–Kier alpha value is -0.900. The molecule has 2 aliphatic rings. The maximum absolute atomic E-state index is 4.33. The molecule has 1 aliphatic heterocycles. The fraction of sp³-hybridized carbons (Fsp3) is 0.800. The third kappa shape index (κ3) is 1.10. The molecule has 3 rings (SSSR count). The first kappa shape index (κ1) is 8.41. The maximum atomic E-state index is 4.33. The van der Waals surface area contributed by atoms with Gasteiger partial charge in [0, 0.05) is 19.0 Å². The second-order valence-corrected chi connectivity index (χ2v) is 5.05. The van der Waals surface area contributed by atoms with Crippen molar-refractivity contribution in [2.45, 2.75) is 39.3 Å². The van der Waals surface area contributed by atoms with Gasteiger partial charge in [-0.25, -0.2) is 0 Å². The zero-order valence-electron chi connectivity index (χ0n) is 8.75. The second-order valence-electron chi connectivity index (χ2n) is 5.05. The first-order valence-corrected chi connectivity index (χ1v) is 5.31. The molecule has 1 unspecified atom stereocenters. The third-order valence-electron chi connectivity index (χ3n) is 3.48. The highest BCUT2D eigenvalue weighted by Gasteiger charge is 2.49. The SMILES string of the molecule is CC1(C)CC1c1nnc2n1CCNC2. The van der Waals surface area contributed by atoms with Crippen LogP contribution in [0.5, 0.6) is 0 Å². The Morgan fingerprint density at radius 2 is 2.21 bits per heavy atom. The average Bonchev–Trinajstić information content (AvgIpc) is 2.63. The number of fused-ring (bicyclic) bond motifs is 1. The van der Waals surface area contributed by atoms with Gasteiger partial charge in [-0.15, -0.1) is 10.2 Å². The Morgan fingerprint density at radius 1 is 1.43 bits per heavy atom. The van der Waals surface area contributed by atoms with Gasteiger partial charge in [0.25, 0.3) is 0 Å². The molecule has 0 aromatic carbocycles. The average molecular weight is 192 g/mol. The molecule has 1 aliphatic carbocycles. The van der Waals surface area contributed by atoms with Gasteiger partial charge in [-0.2, -0.15) is 0 Å². The number of nitrogens with zero attached hydrogens (tertiary/aromatic N) is 3. The summed E-state index contributed by atoms with van der Waals surface area (Å²) in [6.45, 7) is 7.57. The lowest BCUT2D eigenvalue weighted by molar-refractivity contribution is 0.485. The maximum Gasteiger partial charge on any atom is 0.147 e. The van der Waals surface area contributed by atoms with Gasteiger partial charge in [0.15, 0.2) is 0 Å². The van der Waals surface area contributed by atoms with Crippen LogP contribution in [0.1, 0.15) is 37.8 Å². The van der Waals surface area contributed by atoms with Crippen molar-refractivity contribution in [1.82, 2.24) is 20.1 Å². The van der Waals surface area contributed by atoms with Gasteiger partial charge in [-0.3, -0.25) is 0 Å². The van der Waals surface area contributed by atoms with Crippen LogP contribution in [0.25, 0.3) is 0 Å². The van der Waals surface area contributed by atoms with Crippen LogP contribution in [0.4, 0.5) is 0 Å². The normalized spacial score (nSPS) is 28.6. The minimum Gasteiger partial charge on any atom is -0.312 e. The van der Waals surface area contributed by atoms with Crippen LogP contribution in [0, 0.1) is 5.41 Å². The van der Waals surface area contributed by atoms with Gasteiger partial charge >= 0.3 is 0 Å². The third-order valence-corrected chi connectivity index (χ3v) is 3.48. The Labute approximate surface area is 83.7 Å². The second kappa shape index (κ2) is 2.57. The van der Waals surface area contributed by atoms with Crippen molar-refractivity contribution in [3.63, 3.8) is 0 Å². The van der Waals surface area contributed by atoms with Crippen LogP contribution in [0.3, 0.4) is 0 Å². The lowest BCUT2D eigenvalue weighted by Crippen LogP contribution is -2.29. The summed E-state index contributed by atoms with van der Waals surface area (Å²) in [6, 6.07) is 0. The molecule has 1 aromatic rings. The molecule has 4 nitrogen and oxygen atoms in total. The highest BCUT2D eigenvalue weighted by molar-refractivity contribution is 5.17. The number of nitrogens with one attached hydrogen (secondary N) is 1. The lowest BCUT2D eigenvalue weighted by Gasteiger charge is -2.16. The molecule has 2 heterocycles. The summed E-state index contributed by atoms with van der Waals surface area (Å²) < 4.78 is 2.30. The van der Waals surface area contributed by atoms with Crippen LogP contribution in [0.2, 0.25) is 0 Å². The predicted molar refractivity (Wildman–Crippen MR) is 52.9 cm³/mol. The molecule has 1 aromatic heterocycles. The molecule has 0 bridgehead atoms. The Kier molecular flexibility index (Phi) is 1.54. The number of hydrogen-bond donors (Lipinski definition) is 1. The van der Waals surface area contributed by atoms with Crippen molar-refractivity contribution >= 4 is 0 Å². The molecular formula is C10H16N4. The van der Waals surface area contributed by atoms with Crippen LogP contribution in [-0.4, -0.2) is 21.3 Å². The van der Waals surface area contributed by atoms with Crippen molar-refractivity contribution in [2.24, 2.45) is 5.41 Å². The molecule has 1 fully saturated rings. The van der Waals surface area contributed by atoms with Crippen LogP contribution >= 0.6 is 0 Å². The van der Waals surface area contributed by atoms with E-state index in [9.17, 15) is 0 Å². The van der Waals surface area contributed by atoms with Crippen LogP contribution in [0.15, 0.2) is 0 Å². The zero-order chi connectivity index (χ0) is 9.76. The minimum atomic E-state index is 0.453. The molecule has 0 saturated heterocycles.